The lowest BCUT2D eigenvalue weighted by molar-refractivity contribution is 0.0677. The fourth-order valence-corrected chi connectivity index (χ4v) is 4.88. The third-order valence-electron chi connectivity index (χ3n) is 6.45. The first-order chi connectivity index (χ1) is 15.3. The van der Waals surface area contributed by atoms with E-state index < -0.39 is 0 Å². The topological polar surface area (TPSA) is 80.3 Å². The van der Waals surface area contributed by atoms with E-state index in [2.05, 4.69) is 15.1 Å². The van der Waals surface area contributed by atoms with Crippen molar-refractivity contribution in [1.29, 1.82) is 0 Å². The number of oxazole rings is 1. The van der Waals surface area contributed by atoms with Crippen molar-refractivity contribution in [3.05, 3.63) is 66.5 Å². The van der Waals surface area contributed by atoms with Gasteiger partial charge in [0.25, 0.3) is 11.9 Å². The third-order valence-corrected chi connectivity index (χ3v) is 6.45. The average Bonchev–Trinajstić information content (AvgIpc) is 3.57. The second-order valence-electron chi connectivity index (χ2n) is 8.15. The largest absolute Gasteiger partial charge is 0.423 e. The summed E-state index contributed by atoms with van der Waals surface area (Å²) in [5, 5.41) is 8.41. The number of para-hydroxylation sites is 3. The lowest BCUT2D eigenvalue weighted by atomic mass is 9.92. The molecule has 31 heavy (non-hydrogen) atoms. The molecule has 2 saturated heterocycles. The molecular formula is C23H22N6O2. The van der Waals surface area contributed by atoms with Crippen LogP contribution in [0.1, 0.15) is 23.2 Å². The predicted octanol–water partition coefficient (Wildman–Crippen LogP) is 3.15. The predicted molar refractivity (Wildman–Crippen MR) is 115 cm³/mol. The summed E-state index contributed by atoms with van der Waals surface area (Å²) >= 11 is 0. The second-order valence-corrected chi connectivity index (χ2v) is 8.15. The molecular weight excluding hydrogens is 392 g/mol. The van der Waals surface area contributed by atoms with Crippen molar-refractivity contribution in [1.82, 2.24) is 24.9 Å². The van der Waals surface area contributed by atoms with Crippen LogP contribution in [0.2, 0.25) is 0 Å². The summed E-state index contributed by atoms with van der Waals surface area (Å²) in [6.45, 7) is 2.31. The highest BCUT2D eigenvalue weighted by molar-refractivity contribution is 5.97. The fraction of sp³-hybridized carbons (Fsp3) is 0.304. The number of amides is 1. The molecule has 0 N–H and O–H groups in total. The summed E-state index contributed by atoms with van der Waals surface area (Å²) < 4.78 is 6.04. The third kappa shape index (κ3) is 3.06. The van der Waals surface area contributed by atoms with Gasteiger partial charge in [0.1, 0.15) is 5.52 Å². The van der Waals surface area contributed by atoms with Gasteiger partial charge in [-0.15, -0.1) is 0 Å². The molecule has 8 nitrogen and oxygen atoms in total. The van der Waals surface area contributed by atoms with Gasteiger partial charge in [-0.25, -0.2) is 0 Å². The van der Waals surface area contributed by atoms with Crippen molar-refractivity contribution in [2.45, 2.75) is 18.9 Å². The molecule has 4 heterocycles. The molecule has 156 valence electrons. The van der Waals surface area contributed by atoms with Crippen molar-refractivity contribution in [3.8, 4) is 5.69 Å². The highest BCUT2D eigenvalue weighted by Crippen LogP contribution is 2.36. The first-order valence-corrected chi connectivity index (χ1v) is 10.6. The van der Waals surface area contributed by atoms with Gasteiger partial charge in [-0.05, 0) is 43.0 Å². The van der Waals surface area contributed by atoms with E-state index >= 15 is 0 Å². The van der Waals surface area contributed by atoms with E-state index in [4.69, 9.17) is 9.40 Å². The molecule has 2 aromatic carbocycles. The van der Waals surface area contributed by atoms with Crippen LogP contribution in [-0.4, -0.2) is 56.5 Å². The highest BCUT2D eigenvalue weighted by Gasteiger charge is 2.41. The minimum absolute atomic E-state index is 0.00997. The Bertz CT molecular complexity index is 1200. The van der Waals surface area contributed by atoms with Gasteiger partial charge in [0.2, 0.25) is 0 Å². The van der Waals surface area contributed by atoms with E-state index in [1.807, 2.05) is 53.4 Å². The van der Waals surface area contributed by atoms with E-state index in [0.29, 0.717) is 29.7 Å². The molecule has 4 aromatic rings. The number of piperidine rings is 1. The van der Waals surface area contributed by atoms with E-state index in [9.17, 15) is 4.79 Å². The maximum Gasteiger partial charge on any atom is 0.298 e. The number of carbonyl (C=O) groups excluding carboxylic acids is 1. The van der Waals surface area contributed by atoms with Crippen molar-refractivity contribution < 1.29 is 9.21 Å². The Morgan fingerprint density at radius 3 is 2.61 bits per heavy atom. The number of benzene rings is 2. The van der Waals surface area contributed by atoms with Crippen LogP contribution in [0.4, 0.5) is 6.01 Å². The zero-order chi connectivity index (χ0) is 20.8. The Morgan fingerprint density at radius 1 is 0.968 bits per heavy atom. The number of likely N-dealkylation sites (tertiary alicyclic amines) is 1. The molecule has 0 aliphatic carbocycles. The van der Waals surface area contributed by atoms with E-state index in [-0.39, 0.29) is 11.9 Å². The van der Waals surface area contributed by atoms with Gasteiger partial charge in [-0.3, -0.25) is 4.79 Å². The van der Waals surface area contributed by atoms with Crippen molar-refractivity contribution in [3.63, 3.8) is 0 Å². The van der Waals surface area contributed by atoms with Crippen LogP contribution >= 0.6 is 0 Å². The quantitative estimate of drug-likeness (QED) is 0.512. The molecule has 0 spiro atoms. The normalized spacial score (nSPS) is 20.9. The lowest BCUT2D eigenvalue weighted by Gasteiger charge is -2.38. The van der Waals surface area contributed by atoms with Crippen LogP contribution in [0.15, 0.2) is 65.3 Å². The molecule has 2 fully saturated rings. The Labute approximate surface area is 179 Å². The van der Waals surface area contributed by atoms with E-state index in [0.717, 1.165) is 37.0 Å². The minimum atomic E-state index is 0.00997. The lowest BCUT2D eigenvalue weighted by Crippen LogP contribution is -2.50. The van der Waals surface area contributed by atoms with Gasteiger partial charge >= 0.3 is 0 Å². The van der Waals surface area contributed by atoms with Crippen molar-refractivity contribution in [2.75, 3.05) is 24.5 Å². The van der Waals surface area contributed by atoms with Crippen LogP contribution < -0.4 is 4.90 Å². The van der Waals surface area contributed by atoms with Crippen LogP contribution in [-0.2, 0) is 0 Å². The number of hydrogen-bond acceptors (Lipinski definition) is 6. The summed E-state index contributed by atoms with van der Waals surface area (Å²) in [6, 6.07) is 16.2. The molecule has 1 amide bonds. The Kier molecular flexibility index (Phi) is 4.22. The SMILES string of the molecule is O=C(c1ccccc1-n1nccn1)N1CC[C@H]2CCN(c3nc4ccccc4o3)[C@H]2C1. The Hall–Kier alpha value is -3.68. The zero-order valence-corrected chi connectivity index (χ0v) is 17.0. The summed E-state index contributed by atoms with van der Waals surface area (Å²) in [6.07, 6.45) is 5.31. The van der Waals surface area contributed by atoms with Crippen LogP contribution in [0.3, 0.4) is 0 Å². The highest BCUT2D eigenvalue weighted by atomic mass is 16.4. The van der Waals surface area contributed by atoms with Crippen molar-refractivity contribution in [2.24, 2.45) is 5.92 Å². The second kappa shape index (κ2) is 7.23. The molecule has 0 bridgehead atoms. The van der Waals surface area contributed by atoms with Gasteiger partial charge in [-0.2, -0.15) is 20.0 Å². The summed E-state index contributed by atoms with van der Waals surface area (Å²) in [4.78, 5) is 23.9. The molecule has 6 rings (SSSR count). The van der Waals surface area contributed by atoms with Crippen LogP contribution in [0.25, 0.3) is 16.8 Å². The van der Waals surface area contributed by atoms with E-state index in [1.54, 1.807) is 12.4 Å². The van der Waals surface area contributed by atoms with Crippen LogP contribution in [0.5, 0.6) is 0 Å². The Balaban J connectivity index is 1.28. The monoisotopic (exact) mass is 414 g/mol. The van der Waals surface area contributed by atoms with E-state index in [1.165, 1.54) is 4.80 Å². The number of hydrogen-bond donors (Lipinski definition) is 0. The molecule has 2 aliphatic heterocycles. The summed E-state index contributed by atoms with van der Waals surface area (Å²) in [5.74, 6) is 0.554. The van der Waals surface area contributed by atoms with Gasteiger partial charge in [0, 0.05) is 19.6 Å². The number of aromatic nitrogens is 4. The number of fused-ring (bicyclic) bond motifs is 2. The molecule has 2 atom stereocenters. The maximum absolute atomic E-state index is 13.5. The summed E-state index contributed by atoms with van der Waals surface area (Å²) in [5.41, 5.74) is 2.97. The summed E-state index contributed by atoms with van der Waals surface area (Å²) in [7, 11) is 0. The first kappa shape index (κ1) is 18.1. The zero-order valence-electron chi connectivity index (χ0n) is 17.0. The molecule has 0 unspecified atom stereocenters. The maximum atomic E-state index is 13.5. The molecule has 0 saturated carbocycles. The number of rotatable bonds is 3. The minimum Gasteiger partial charge on any atom is -0.423 e. The molecule has 2 aliphatic rings. The van der Waals surface area contributed by atoms with Gasteiger partial charge < -0.3 is 14.2 Å². The van der Waals surface area contributed by atoms with Crippen molar-refractivity contribution >= 4 is 23.0 Å². The smallest absolute Gasteiger partial charge is 0.298 e. The van der Waals surface area contributed by atoms with Gasteiger partial charge in [0.05, 0.1) is 29.7 Å². The number of carbonyl (C=O) groups is 1. The van der Waals surface area contributed by atoms with Crippen LogP contribution in [0, 0.1) is 5.92 Å². The van der Waals surface area contributed by atoms with Gasteiger partial charge in [0.15, 0.2) is 5.58 Å². The average molecular weight is 414 g/mol. The molecule has 2 aromatic heterocycles. The van der Waals surface area contributed by atoms with Gasteiger partial charge in [-0.1, -0.05) is 24.3 Å². The number of anilines is 1. The fourth-order valence-electron chi connectivity index (χ4n) is 4.88. The molecule has 0 radical (unpaired) electrons. The standard InChI is InChI=1S/C23H22N6O2/c30-22(17-5-1-3-7-19(17)29-24-11-12-25-29)27-13-9-16-10-14-28(20(16)15-27)23-26-18-6-2-4-8-21(18)31-23/h1-8,11-12,16,20H,9-10,13-15H2/t16-,20-/m0/s1. The number of nitrogens with zero attached hydrogens (tertiary/aromatic N) is 6. The Morgan fingerprint density at radius 2 is 1.74 bits per heavy atom. The molecule has 8 heteroatoms. The first-order valence-electron chi connectivity index (χ1n) is 10.6.